The number of rotatable bonds is 2. The maximum absolute atomic E-state index is 12.6. The minimum absolute atomic E-state index is 0.0813. The number of hydrogen-bond acceptors (Lipinski definition) is 5. The maximum atomic E-state index is 12.6. The fourth-order valence-electron chi connectivity index (χ4n) is 3.65. The van der Waals surface area contributed by atoms with Gasteiger partial charge in [-0.05, 0) is 41.6 Å². The van der Waals surface area contributed by atoms with Crippen LogP contribution in [0.25, 0.3) is 0 Å². The van der Waals surface area contributed by atoms with Crippen LogP contribution < -0.4 is 9.47 Å². The zero-order valence-corrected chi connectivity index (χ0v) is 14.1. The van der Waals surface area contributed by atoms with Crippen LogP contribution in [0.1, 0.15) is 20.8 Å². The van der Waals surface area contributed by atoms with Crippen LogP contribution in [-0.2, 0) is 13.0 Å². The lowest BCUT2D eigenvalue weighted by molar-refractivity contribution is 0.0220. The van der Waals surface area contributed by atoms with Crippen LogP contribution >= 0.6 is 11.3 Å². The van der Waals surface area contributed by atoms with Crippen molar-refractivity contribution in [3.63, 3.8) is 0 Å². The molecule has 0 aliphatic carbocycles. The van der Waals surface area contributed by atoms with E-state index in [1.165, 1.54) is 10.4 Å². The van der Waals surface area contributed by atoms with E-state index in [9.17, 15) is 4.79 Å². The van der Waals surface area contributed by atoms with E-state index in [0.717, 1.165) is 32.6 Å². The van der Waals surface area contributed by atoms with Gasteiger partial charge >= 0.3 is 0 Å². The van der Waals surface area contributed by atoms with Gasteiger partial charge in [0.25, 0.3) is 5.91 Å². The molecule has 3 aliphatic rings. The topological polar surface area (TPSA) is 42.0 Å². The number of benzene rings is 1. The van der Waals surface area contributed by atoms with Crippen LogP contribution in [0, 0.1) is 0 Å². The number of likely N-dealkylation sites (tertiary alicyclic amines) is 1. The molecule has 0 atom stereocenters. The number of thiophene rings is 1. The first kappa shape index (κ1) is 14.3. The molecule has 1 fully saturated rings. The number of fused-ring (bicyclic) bond motifs is 2. The lowest BCUT2D eigenvalue weighted by Crippen LogP contribution is -2.61. The molecule has 1 aromatic carbocycles. The van der Waals surface area contributed by atoms with E-state index in [4.69, 9.17) is 9.47 Å². The monoisotopic (exact) mass is 342 g/mol. The summed E-state index contributed by atoms with van der Waals surface area (Å²) in [5.41, 5.74) is 2.14. The number of carbonyl (C=O) groups excluding carboxylic acids is 1. The van der Waals surface area contributed by atoms with E-state index in [-0.39, 0.29) is 12.7 Å². The summed E-state index contributed by atoms with van der Waals surface area (Å²) in [6.07, 6.45) is 1.14. The van der Waals surface area contributed by atoms with Gasteiger partial charge in [0.05, 0.1) is 0 Å². The largest absolute Gasteiger partial charge is 0.454 e. The molecule has 0 bridgehead atoms. The lowest BCUT2D eigenvalue weighted by atomic mass is 10.0. The molecule has 2 aromatic rings. The SMILES string of the molecule is O=C(c1ccc2c(c1)OCO2)N1CC(N2CCc3sccc3C2)C1. The zero-order valence-electron chi connectivity index (χ0n) is 13.2. The van der Waals surface area contributed by atoms with E-state index in [1.807, 2.05) is 28.4 Å². The molecule has 0 unspecified atom stereocenters. The van der Waals surface area contributed by atoms with Crippen molar-refractivity contribution >= 4 is 17.2 Å². The Morgan fingerprint density at radius 2 is 2.04 bits per heavy atom. The average Bonchev–Trinajstić information content (AvgIpc) is 3.21. The molecule has 5 nitrogen and oxygen atoms in total. The second-order valence-corrected chi connectivity index (χ2v) is 7.52. The summed E-state index contributed by atoms with van der Waals surface area (Å²) < 4.78 is 10.7. The summed E-state index contributed by atoms with van der Waals surface area (Å²) in [7, 11) is 0. The van der Waals surface area contributed by atoms with Gasteiger partial charge in [0.2, 0.25) is 6.79 Å². The Morgan fingerprint density at radius 1 is 1.17 bits per heavy atom. The van der Waals surface area contributed by atoms with Crippen LogP contribution in [0.15, 0.2) is 29.6 Å². The van der Waals surface area contributed by atoms with Gasteiger partial charge in [-0.2, -0.15) is 0 Å². The fourth-order valence-corrected chi connectivity index (χ4v) is 4.54. The fraction of sp³-hybridized carbons (Fsp3) is 0.389. The van der Waals surface area contributed by atoms with Gasteiger partial charge < -0.3 is 14.4 Å². The first-order valence-electron chi connectivity index (χ1n) is 8.26. The van der Waals surface area contributed by atoms with Crippen molar-refractivity contribution in [2.24, 2.45) is 0 Å². The molecule has 1 amide bonds. The van der Waals surface area contributed by atoms with Crippen LogP contribution in [0.4, 0.5) is 0 Å². The predicted octanol–water partition coefficient (Wildman–Crippen LogP) is 2.36. The van der Waals surface area contributed by atoms with Gasteiger partial charge in [0, 0.05) is 42.7 Å². The normalized spacial score (nSPS) is 19.9. The van der Waals surface area contributed by atoms with Crippen LogP contribution in [0.3, 0.4) is 0 Å². The number of ether oxygens (including phenoxy) is 2. The summed E-state index contributed by atoms with van der Waals surface area (Å²) in [5.74, 6) is 1.46. The average molecular weight is 342 g/mol. The van der Waals surface area contributed by atoms with Crippen LogP contribution in [0.2, 0.25) is 0 Å². The van der Waals surface area contributed by atoms with Crippen molar-refractivity contribution in [3.05, 3.63) is 45.6 Å². The summed E-state index contributed by atoms with van der Waals surface area (Å²) in [6.45, 7) is 3.98. The smallest absolute Gasteiger partial charge is 0.254 e. The molecule has 0 N–H and O–H groups in total. The van der Waals surface area contributed by atoms with Gasteiger partial charge in [0.15, 0.2) is 11.5 Å². The third kappa shape index (κ3) is 2.29. The Morgan fingerprint density at radius 3 is 2.96 bits per heavy atom. The van der Waals surface area contributed by atoms with E-state index in [0.29, 0.717) is 23.1 Å². The van der Waals surface area contributed by atoms with Crippen molar-refractivity contribution in [2.45, 2.75) is 19.0 Å². The molecule has 1 saturated heterocycles. The first-order chi connectivity index (χ1) is 11.8. The molecular weight excluding hydrogens is 324 g/mol. The van der Waals surface area contributed by atoms with E-state index < -0.39 is 0 Å². The van der Waals surface area contributed by atoms with Crippen molar-refractivity contribution in [2.75, 3.05) is 26.4 Å². The molecule has 124 valence electrons. The Balaban J connectivity index is 1.23. The van der Waals surface area contributed by atoms with Crippen LogP contribution in [-0.4, -0.2) is 48.2 Å². The third-order valence-electron chi connectivity index (χ3n) is 5.12. The van der Waals surface area contributed by atoms with Crippen molar-refractivity contribution in [3.8, 4) is 11.5 Å². The second kappa shape index (κ2) is 5.50. The molecule has 0 radical (unpaired) electrons. The molecule has 4 heterocycles. The number of amides is 1. The standard InChI is InChI=1S/C18H18N2O3S/c21-18(12-1-2-15-16(7-12)23-11-22-15)20-9-14(10-20)19-5-3-17-13(8-19)4-6-24-17/h1-2,4,6-7,14H,3,5,8-11H2. The first-order valence-corrected chi connectivity index (χ1v) is 9.14. The Kier molecular flexibility index (Phi) is 3.28. The van der Waals surface area contributed by atoms with Crippen molar-refractivity contribution < 1.29 is 14.3 Å². The summed E-state index contributed by atoms with van der Waals surface area (Å²) in [6, 6.07) is 8.14. The second-order valence-electron chi connectivity index (χ2n) is 6.52. The maximum Gasteiger partial charge on any atom is 0.254 e. The van der Waals surface area contributed by atoms with Gasteiger partial charge in [-0.3, -0.25) is 9.69 Å². The minimum Gasteiger partial charge on any atom is -0.454 e. The van der Waals surface area contributed by atoms with Gasteiger partial charge in [-0.15, -0.1) is 11.3 Å². The number of hydrogen-bond donors (Lipinski definition) is 0. The predicted molar refractivity (Wildman–Crippen MR) is 90.7 cm³/mol. The number of nitrogens with zero attached hydrogens (tertiary/aromatic N) is 2. The molecule has 5 rings (SSSR count). The molecular formula is C18H18N2O3S. The highest BCUT2D eigenvalue weighted by atomic mass is 32.1. The molecule has 0 saturated carbocycles. The zero-order chi connectivity index (χ0) is 16.1. The molecule has 3 aliphatic heterocycles. The van der Waals surface area contributed by atoms with Gasteiger partial charge in [0.1, 0.15) is 0 Å². The highest BCUT2D eigenvalue weighted by Crippen LogP contribution is 2.33. The molecule has 24 heavy (non-hydrogen) atoms. The van der Waals surface area contributed by atoms with E-state index in [2.05, 4.69) is 16.3 Å². The highest BCUT2D eigenvalue weighted by molar-refractivity contribution is 7.10. The van der Waals surface area contributed by atoms with Crippen LogP contribution in [0.5, 0.6) is 11.5 Å². The summed E-state index contributed by atoms with van der Waals surface area (Å²) in [4.78, 5) is 18.6. The Hall–Kier alpha value is -2.05. The quantitative estimate of drug-likeness (QED) is 0.840. The van der Waals surface area contributed by atoms with Gasteiger partial charge in [-0.1, -0.05) is 0 Å². The molecule has 6 heteroatoms. The third-order valence-corrected chi connectivity index (χ3v) is 6.15. The van der Waals surface area contributed by atoms with E-state index in [1.54, 1.807) is 6.07 Å². The van der Waals surface area contributed by atoms with Crippen molar-refractivity contribution in [1.29, 1.82) is 0 Å². The molecule has 1 aromatic heterocycles. The summed E-state index contributed by atoms with van der Waals surface area (Å²) >= 11 is 1.86. The Labute approximate surface area is 144 Å². The lowest BCUT2D eigenvalue weighted by Gasteiger charge is -2.46. The highest BCUT2D eigenvalue weighted by Gasteiger charge is 2.36. The van der Waals surface area contributed by atoms with E-state index >= 15 is 0 Å². The Bertz CT molecular complexity index is 797. The molecule has 0 spiro atoms. The van der Waals surface area contributed by atoms with Gasteiger partial charge in [-0.25, -0.2) is 0 Å². The summed E-state index contributed by atoms with van der Waals surface area (Å²) in [5, 5.41) is 2.18. The van der Waals surface area contributed by atoms with Crippen molar-refractivity contribution in [1.82, 2.24) is 9.80 Å². The minimum atomic E-state index is 0.0813. The number of carbonyl (C=O) groups is 1.